The number of fused-ring (bicyclic) bond motifs is 1. The van der Waals surface area contributed by atoms with Gasteiger partial charge in [-0.05, 0) is 67.8 Å². The number of aliphatic carboxylic acids is 1. The van der Waals surface area contributed by atoms with Crippen molar-refractivity contribution < 1.29 is 37.0 Å². The van der Waals surface area contributed by atoms with E-state index in [9.17, 15) is 22.4 Å². The zero-order chi connectivity index (χ0) is 30.4. The summed E-state index contributed by atoms with van der Waals surface area (Å²) in [5, 5.41) is 9.09. The Hall–Kier alpha value is -3.96. The van der Waals surface area contributed by atoms with Crippen molar-refractivity contribution in [3.8, 4) is 11.6 Å². The van der Waals surface area contributed by atoms with E-state index in [0.29, 0.717) is 11.1 Å². The molecule has 1 N–H and O–H groups in total. The summed E-state index contributed by atoms with van der Waals surface area (Å²) < 4.78 is 55.5. The number of carboxylic acid groups (broad SMARTS) is 1. The average molecular weight is 617 g/mol. The Balaban J connectivity index is 1.72. The molecule has 0 saturated heterocycles. The fourth-order valence-corrected chi connectivity index (χ4v) is 6.33. The summed E-state index contributed by atoms with van der Waals surface area (Å²) in [5.74, 6) is -1.59. The topological polar surface area (TPSA) is 123 Å². The maximum absolute atomic E-state index is 14.3. The molecule has 2 aromatic carbocycles. The SMILES string of the molecule is CCOc1ncc(C)cc1S(=O)(=O)N1C[C@H](CCC(=O)CCC(=O)O)Oc2ccc(/C=C/c3c(F)cccc3Cl)cc21. The molecular formula is C30H30ClFN2O7S. The van der Waals surface area contributed by atoms with Gasteiger partial charge in [0.25, 0.3) is 10.0 Å². The van der Waals surface area contributed by atoms with E-state index in [-0.39, 0.29) is 77.4 Å². The predicted molar refractivity (Wildman–Crippen MR) is 157 cm³/mol. The van der Waals surface area contributed by atoms with Crippen molar-refractivity contribution in [1.82, 2.24) is 4.98 Å². The average Bonchev–Trinajstić information content (AvgIpc) is 2.95. The number of rotatable bonds is 12. The standard InChI is InChI=1S/C30H30ClFN2O7S/c1-3-40-30-28(15-19(2)17-33-30)42(38,39)34-18-22(11-9-21(35)10-14-29(36)37)41-27-13-8-20(16-26(27)34)7-12-23-24(31)5-4-6-25(23)32/h4-8,12-13,15-17,22H,3,9-11,14,18H2,1-2H3,(H,36,37)/b12-7+/t22-/m0/s1. The van der Waals surface area contributed by atoms with Crippen molar-refractivity contribution in [1.29, 1.82) is 0 Å². The first-order valence-corrected chi connectivity index (χ1v) is 15.1. The molecule has 1 atom stereocenters. The molecule has 0 bridgehead atoms. The van der Waals surface area contributed by atoms with Crippen molar-refractivity contribution in [3.05, 3.63) is 76.2 Å². The van der Waals surface area contributed by atoms with Crippen LogP contribution in [0.3, 0.4) is 0 Å². The Morgan fingerprint density at radius 2 is 1.98 bits per heavy atom. The van der Waals surface area contributed by atoms with Gasteiger partial charge in [-0.1, -0.05) is 29.8 Å². The van der Waals surface area contributed by atoms with Gasteiger partial charge in [-0.3, -0.25) is 13.9 Å². The normalized spacial score (nSPS) is 14.9. The molecule has 1 aliphatic rings. The Kier molecular flexibility index (Phi) is 9.85. The first-order chi connectivity index (χ1) is 20.0. The lowest BCUT2D eigenvalue weighted by Crippen LogP contribution is -2.44. The molecule has 0 fully saturated rings. The molecule has 1 aromatic heterocycles. The van der Waals surface area contributed by atoms with Crippen LogP contribution in [0.25, 0.3) is 12.2 Å². The van der Waals surface area contributed by atoms with Crippen LogP contribution in [-0.4, -0.2) is 49.5 Å². The first-order valence-electron chi connectivity index (χ1n) is 13.3. The zero-order valence-corrected chi connectivity index (χ0v) is 24.6. The molecule has 3 aromatic rings. The van der Waals surface area contributed by atoms with Gasteiger partial charge >= 0.3 is 5.97 Å². The van der Waals surface area contributed by atoms with Crippen LogP contribution in [0.4, 0.5) is 10.1 Å². The maximum atomic E-state index is 14.3. The number of hydrogen-bond acceptors (Lipinski definition) is 7. The molecule has 0 saturated carbocycles. The van der Waals surface area contributed by atoms with E-state index >= 15 is 0 Å². The van der Waals surface area contributed by atoms with Crippen molar-refractivity contribution in [2.75, 3.05) is 17.5 Å². The Labute approximate surface area is 248 Å². The fraction of sp³-hybridized carbons (Fsp3) is 0.300. The van der Waals surface area contributed by atoms with Crippen LogP contribution < -0.4 is 13.8 Å². The molecule has 0 amide bonds. The number of carbonyl (C=O) groups excluding carboxylic acids is 1. The van der Waals surface area contributed by atoms with Gasteiger partial charge in [-0.25, -0.2) is 17.8 Å². The largest absolute Gasteiger partial charge is 0.486 e. The van der Waals surface area contributed by atoms with Gasteiger partial charge in [0.1, 0.15) is 28.3 Å². The van der Waals surface area contributed by atoms with E-state index < -0.39 is 27.9 Å². The predicted octanol–water partition coefficient (Wildman–Crippen LogP) is 5.92. The molecule has 0 radical (unpaired) electrons. The van der Waals surface area contributed by atoms with E-state index in [4.69, 9.17) is 26.2 Å². The Morgan fingerprint density at radius 3 is 2.69 bits per heavy atom. The van der Waals surface area contributed by atoms with Crippen LogP contribution in [0.15, 0.2) is 53.6 Å². The monoisotopic (exact) mass is 616 g/mol. The molecular weight excluding hydrogens is 587 g/mol. The lowest BCUT2D eigenvalue weighted by Gasteiger charge is -2.36. The second kappa shape index (κ2) is 13.3. The molecule has 1 aliphatic heterocycles. The number of carboxylic acids is 1. The van der Waals surface area contributed by atoms with Crippen molar-refractivity contribution in [3.63, 3.8) is 0 Å². The van der Waals surface area contributed by atoms with Crippen LogP contribution in [0.2, 0.25) is 5.02 Å². The van der Waals surface area contributed by atoms with Crippen LogP contribution >= 0.6 is 11.6 Å². The minimum Gasteiger partial charge on any atom is -0.486 e. The Morgan fingerprint density at radius 1 is 1.19 bits per heavy atom. The highest BCUT2D eigenvalue weighted by atomic mass is 35.5. The van der Waals surface area contributed by atoms with Gasteiger partial charge in [0.15, 0.2) is 0 Å². The van der Waals surface area contributed by atoms with Gasteiger partial charge in [0.05, 0.1) is 30.3 Å². The number of ether oxygens (including phenoxy) is 2. The number of anilines is 1. The first kappa shape index (κ1) is 31.0. The molecule has 0 spiro atoms. The summed E-state index contributed by atoms with van der Waals surface area (Å²) in [4.78, 5) is 27.1. The van der Waals surface area contributed by atoms with E-state index in [0.717, 1.165) is 0 Å². The van der Waals surface area contributed by atoms with Gasteiger partial charge in [0, 0.05) is 24.6 Å². The minimum atomic E-state index is -4.24. The molecule has 0 aliphatic carbocycles. The second-order valence-electron chi connectivity index (χ2n) is 9.69. The number of nitrogens with zero attached hydrogens (tertiary/aromatic N) is 2. The highest BCUT2D eigenvalue weighted by Crippen LogP contribution is 2.40. The third kappa shape index (κ3) is 7.27. The van der Waals surface area contributed by atoms with E-state index in [1.807, 2.05) is 0 Å². The zero-order valence-electron chi connectivity index (χ0n) is 23.0. The molecule has 12 heteroatoms. The number of Topliss-reactive ketones (excluding diaryl/α,β-unsaturated/α-hetero) is 1. The number of aryl methyl sites for hydroxylation is 1. The third-order valence-electron chi connectivity index (χ3n) is 6.52. The summed E-state index contributed by atoms with van der Waals surface area (Å²) in [5.41, 5.74) is 1.61. The highest BCUT2D eigenvalue weighted by molar-refractivity contribution is 7.93. The van der Waals surface area contributed by atoms with E-state index in [1.54, 1.807) is 44.2 Å². The fourth-order valence-electron chi connectivity index (χ4n) is 4.43. The maximum Gasteiger partial charge on any atom is 0.303 e. The van der Waals surface area contributed by atoms with Crippen molar-refractivity contribution in [2.24, 2.45) is 0 Å². The molecule has 2 heterocycles. The number of aromatic nitrogens is 1. The summed E-state index contributed by atoms with van der Waals surface area (Å²) in [6, 6.07) is 10.7. The number of benzene rings is 2. The van der Waals surface area contributed by atoms with Gasteiger partial charge in [-0.15, -0.1) is 0 Å². The Bertz CT molecular complexity index is 1610. The molecule has 9 nitrogen and oxygen atoms in total. The van der Waals surface area contributed by atoms with Crippen LogP contribution in [0.5, 0.6) is 11.6 Å². The summed E-state index contributed by atoms with van der Waals surface area (Å²) >= 11 is 6.15. The molecule has 42 heavy (non-hydrogen) atoms. The lowest BCUT2D eigenvalue weighted by atomic mass is 10.1. The number of ketones is 1. The van der Waals surface area contributed by atoms with Crippen molar-refractivity contribution in [2.45, 2.75) is 50.5 Å². The molecule has 222 valence electrons. The van der Waals surface area contributed by atoms with Crippen LogP contribution in [-0.2, 0) is 19.6 Å². The number of hydrogen-bond donors (Lipinski definition) is 1. The van der Waals surface area contributed by atoms with Crippen LogP contribution in [0, 0.1) is 12.7 Å². The van der Waals surface area contributed by atoms with E-state index in [1.165, 1.54) is 34.8 Å². The summed E-state index contributed by atoms with van der Waals surface area (Å²) in [6.07, 6.45) is 3.77. The summed E-state index contributed by atoms with van der Waals surface area (Å²) in [6.45, 7) is 3.53. The van der Waals surface area contributed by atoms with Gasteiger partial charge in [0.2, 0.25) is 5.88 Å². The van der Waals surface area contributed by atoms with Gasteiger partial charge < -0.3 is 14.6 Å². The van der Waals surface area contributed by atoms with Gasteiger partial charge in [-0.2, -0.15) is 0 Å². The third-order valence-corrected chi connectivity index (χ3v) is 8.63. The second-order valence-corrected chi connectivity index (χ2v) is 11.9. The number of halogens is 2. The summed E-state index contributed by atoms with van der Waals surface area (Å²) in [7, 11) is -4.24. The lowest BCUT2D eigenvalue weighted by molar-refractivity contribution is -0.138. The molecule has 0 unspecified atom stereocenters. The molecule has 4 rings (SSSR count). The smallest absolute Gasteiger partial charge is 0.303 e. The van der Waals surface area contributed by atoms with Crippen molar-refractivity contribution >= 4 is 51.2 Å². The number of sulfonamides is 1. The minimum absolute atomic E-state index is 0.0293. The van der Waals surface area contributed by atoms with E-state index in [2.05, 4.69) is 4.98 Å². The number of pyridine rings is 1. The highest BCUT2D eigenvalue weighted by Gasteiger charge is 2.37. The number of carbonyl (C=O) groups is 2. The van der Waals surface area contributed by atoms with Crippen LogP contribution in [0.1, 0.15) is 49.3 Å². The quantitative estimate of drug-likeness (QED) is 0.249.